The lowest BCUT2D eigenvalue weighted by Gasteiger charge is -2.39. The third-order valence-electron chi connectivity index (χ3n) is 8.09. The number of ether oxygens (including phenoxy) is 3. The van der Waals surface area contributed by atoms with Gasteiger partial charge in [-0.2, -0.15) is 0 Å². The first-order valence-electron chi connectivity index (χ1n) is 15.2. The monoisotopic (exact) mass is 621 g/mol. The van der Waals surface area contributed by atoms with Crippen LogP contribution in [0.15, 0.2) is 36.8 Å². The number of benzene rings is 1. The number of imidazole rings is 1. The average molecular weight is 622 g/mol. The molecule has 1 fully saturated rings. The fourth-order valence-electron chi connectivity index (χ4n) is 5.83. The molecule has 1 unspecified atom stereocenters. The minimum atomic E-state index is -0.689. The highest BCUT2D eigenvalue weighted by Crippen LogP contribution is 2.55. The predicted molar refractivity (Wildman–Crippen MR) is 164 cm³/mol. The van der Waals surface area contributed by atoms with E-state index in [1.165, 1.54) is 11.0 Å². The molecule has 5 rings (SSSR count). The van der Waals surface area contributed by atoms with Crippen molar-refractivity contribution in [3.8, 4) is 5.75 Å². The maximum atomic E-state index is 14.3. The Morgan fingerprint density at radius 2 is 1.87 bits per heavy atom. The number of hydrogen-bond donors (Lipinski definition) is 0. The molecule has 2 amide bonds. The Balaban J connectivity index is 1.54. The van der Waals surface area contributed by atoms with E-state index in [1.807, 2.05) is 6.92 Å². The van der Waals surface area contributed by atoms with Crippen molar-refractivity contribution in [2.75, 3.05) is 31.7 Å². The molecule has 240 valence electrons. The number of esters is 1. The second-order valence-electron chi connectivity index (χ2n) is 12.5. The van der Waals surface area contributed by atoms with Crippen molar-refractivity contribution in [1.29, 1.82) is 0 Å². The second-order valence-corrected chi connectivity index (χ2v) is 12.5. The summed E-state index contributed by atoms with van der Waals surface area (Å²) in [5, 5.41) is 0. The fourth-order valence-corrected chi connectivity index (χ4v) is 5.83. The number of aromatic nitrogens is 3. The van der Waals surface area contributed by atoms with E-state index in [9.17, 15) is 18.8 Å². The van der Waals surface area contributed by atoms with E-state index >= 15 is 0 Å². The van der Waals surface area contributed by atoms with Crippen molar-refractivity contribution >= 4 is 23.9 Å². The van der Waals surface area contributed by atoms with Crippen molar-refractivity contribution < 1.29 is 33.0 Å². The highest BCUT2D eigenvalue weighted by Gasteiger charge is 2.54. The SMILES string of the molecule is CCOC(=O)c1cc(Cn2ccnc2N(C)C(=O)OC(C)(C)C)cc2c1C1(CC1)CN(C(C)c1cc(OCC)c(F)cn1)C2=O. The number of halogens is 1. The van der Waals surface area contributed by atoms with E-state index in [2.05, 4.69) is 9.97 Å². The van der Waals surface area contributed by atoms with Crippen LogP contribution in [-0.4, -0.2) is 69.8 Å². The molecular formula is C33H40FN5O6. The Morgan fingerprint density at radius 3 is 2.51 bits per heavy atom. The van der Waals surface area contributed by atoms with Gasteiger partial charge in [-0.1, -0.05) is 0 Å². The predicted octanol–water partition coefficient (Wildman–Crippen LogP) is 5.66. The Bertz CT molecular complexity index is 1630. The molecule has 2 aliphatic rings. The molecule has 1 aliphatic carbocycles. The molecule has 3 aromatic rings. The van der Waals surface area contributed by atoms with Crippen LogP contribution in [0.3, 0.4) is 0 Å². The average Bonchev–Trinajstić information content (AvgIpc) is 3.61. The van der Waals surface area contributed by atoms with Crippen molar-refractivity contribution in [2.45, 2.75) is 78.0 Å². The molecule has 1 aromatic carbocycles. The van der Waals surface area contributed by atoms with Crippen molar-refractivity contribution in [3.63, 3.8) is 0 Å². The first kappa shape index (κ1) is 31.9. The van der Waals surface area contributed by atoms with Gasteiger partial charge in [0, 0.05) is 43.0 Å². The molecule has 12 heteroatoms. The van der Waals surface area contributed by atoms with Crippen molar-refractivity contribution in [3.05, 3.63) is 70.6 Å². The third-order valence-corrected chi connectivity index (χ3v) is 8.09. The maximum absolute atomic E-state index is 14.3. The first-order chi connectivity index (χ1) is 21.3. The van der Waals surface area contributed by atoms with Gasteiger partial charge in [0.05, 0.1) is 43.3 Å². The second kappa shape index (κ2) is 12.1. The zero-order valence-corrected chi connectivity index (χ0v) is 26.8. The zero-order valence-electron chi connectivity index (χ0n) is 26.8. The van der Waals surface area contributed by atoms with E-state index in [1.54, 1.807) is 75.7 Å². The molecule has 0 bridgehead atoms. The molecule has 1 atom stereocenters. The molecule has 1 aliphatic heterocycles. The number of nitrogens with zero attached hydrogens (tertiary/aromatic N) is 5. The number of carbonyl (C=O) groups excluding carboxylic acids is 3. The summed E-state index contributed by atoms with van der Waals surface area (Å²) in [6, 6.07) is 4.63. The highest BCUT2D eigenvalue weighted by molar-refractivity contribution is 6.03. The minimum absolute atomic E-state index is 0.0831. The van der Waals surface area contributed by atoms with E-state index in [0.29, 0.717) is 47.0 Å². The summed E-state index contributed by atoms with van der Waals surface area (Å²) in [6.07, 6.45) is 5.44. The summed E-state index contributed by atoms with van der Waals surface area (Å²) < 4.78 is 32.5. The normalized spacial score (nSPS) is 15.8. The van der Waals surface area contributed by atoms with Gasteiger partial charge in [0.25, 0.3) is 5.91 Å². The largest absolute Gasteiger partial charge is 0.491 e. The lowest BCUT2D eigenvalue weighted by molar-refractivity contribution is 0.0518. The number of carbonyl (C=O) groups is 3. The highest BCUT2D eigenvalue weighted by atomic mass is 19.1. The Kier molecular flexibility index (Phi) is 8.61. The van der Waals surface area contributed by atoms with Gasteiger partial charge in [-0.05, 0) is 77.6 Å². The molecule has 11 nitrogen and oxygen atoms in total. The molecule has 0 saturated heterocycles. The van der Waals surface area contributed by atoms with Gasteiger partial charge in [-0.25, -0.2) is 19.0 Å². The van der Waals surface area contributed by atoms with Crippen LogP contribution in [0.25, 0.3) is 0 Å². The van der Waals surface area contributed by atoms with Crippen LogP contribution < -0.4 is 9.64 Å². The van der Waals surface area contributed by atoms with Gasteiger partial charge in [-0.15, -0.1) is 0 Å². The molecular weight excluding hydrogens is 581 g/mol. The minimum Gasteiger partial charge on any atom is -0.491 e. The standard InChI is InChI=1S/C33H40FN5O6/c1-8-43-26-16-25(36-17-24(26)34)20(3)39-19-33(10-11-33)27-22(28(39)40)14-21(15-23(27)29(41)44-9-2)18-38-13-12-35-30(38)37(7)31(42)45-32(4,5)6/h12-17,20H,8-11,18-19H2,1-7H3. The Hall–Kier alpha value is -4.48. The smallest absolute Gasteiger partial charge is 0.416 e. The van der Waals surface area contributed by atoms with E-state index < -0.39 is 34.9 Å². The van der Waals surface area contributed by atoms with Crippen molar-refractivity contribution in [1.82, 2.24) is 19.4 Å². The molecule has 2 aromatic heterocycles. The van der Waals surface area contributed by atoms with Gasteiger partial charge in [0.1, 0.15) is 5.60 Å². The Labute approximate surface area is 262 Å². The first-order valence-corrected chi connectivity index (χ1v) is 15.2. The lowest BCUT2D eigenvalue weighted by Crippen LogP contribution is -2.45. The summed E-state index contributed by atoms with van der Waals surface area (Å²) in [5.41, 5.74) is 1.55. The molecule has 3 heterocycles. The van der Waals surface area contributed by atoms with Crippen molar-refractivity contribution in [2.24, 2.45) is 0 Å². The number of fused-ring (bicyclic) bond motifs is 2. The summed E-state index contributed by atoms with van der Waals surface area (Å²) in [5.74, 6) is -0.897. The van der Waals surface area contributed by atoms with Crippen LogP contribution in [-0.2, 0) is 21.4 Å². The van der Waals surface area contributed by atoms with Gasteiger partial charge in [0.15, 0.2) is 11.6 Å². The van der Waals surface area contributed by atoms with Crippen LogP contribution in [0.2, 0.25) is 0 Å². The summed E-state index contributed by atoms with van der Waals surface area (Å²) in [4.78, 5) is 52.1. The fraction of sp³-hybridized carbons (Fsp3) is 0.485. The quantitative estimate of drug-likeness (QED) is 0.281. The molecule has 1 saturated carbocycles. The molecule has 45 heavy (non-hydrogen) atoms. The van der Waals surface area contributed by atoms with E-state index in [0.717, 1.165) is 19.0 Å². The summed E-state index contributed by atoms with van der Waals surface area (Å²) >= 11 is 0. The molecule has 0 radical (unpaired) electrons. The molecule has 1 spiro atoms. The zero-order chi connectivity index (χ0) is 32.7. The van der Waals surface area contributed by atoms with Gasteiger partial charge in [0.2, 0.25) is 5.95 Å². The van der Waals surface area contributed by atoms with Crippen LogP contribution in [0.5, 0.6) is 5.75 Å². The number of rotatable bonds is 9. The number of anilines is 1. The lowest BCUT2D eigenvalue weighted by atomic mass is 9.81. The van der Waals surface area contributed by atoms with Gasteiger partial charge >= 0.3 is 12.1 Å². The van der Waals surface area contributed by atoms with Gasteiger partial charge < -0.3 is 23.7 Å². The van der Waals surface area contributed by atoms with E-state index in [4.69, 9.17) is 14.2 Å². The van der Waals surface area contributed by atoms with Crippen LogP contribution in [0, 0.1) is 5.82 Å². The van der Waals surface area contributed by atoms with Crippen LogP contribution >= 0.6 is 0 Å². The topological polar surface area (TPSA) is 116 Å². The van der Waals surface area contributed by atoms with Gasteiger partial charge in [-0.3, -0.25) is 14.7 Å². The number of amides is 2. The molecule has 0 N–H and O–H groups in total. The number of hydrogen-bond acceptors (Lipinski definition) is 8. The van der Waals surface area contributed by atoms with Crippen LogP contribution in [0.1, 0.15) is 98.0 Å². The summed E-state index contributed by atoms with van der Waals surface area (Å²) in [7, 11) is 1.57. The maximum Gasteiger partial charge on any atom is 0.416 e. The third kappa shape index (κ3) is 6.36. The number of pyridine rings is 1. The van der Waals surface area contributed by atoms with Crippen LogP contribution in [0.4, 0.5) is 15.1 Å². The van der Waals surface area contributed by atoms with E-state index in [-0.39, 0.29) is 24.8 Å². The summed E-state index contributed by atoms with van der Waals surface area (Å²) in [6.45, 7) is 11.8. The Morgan fingerprint density at radius 1 is 1.13 bits per heavy atom.